The molecule has 1 aromatic carbocycles. The van der Waals surface area contributed by atoms with Crippen LogP contribution in [0.2, 0.25) is 18.1 Å². The number of benzene rings is 1. The molecule has 1 saturated heterocycles. The van der Waals surface area contributed by atoms with Gasteiger partial charge in [0.25, 0.3) is 0 Å². The van der Waals surface area contributed by atoms with E-state index in [0.717, 1.165) is 74.9 Å². The zero-order chi connectivity index (χ0) is 38.0. The van der Waals surface area contributed by atoms with Crippen LogP contribution < -0.4 is 4.74 Å². The smallest absolute Gasteiger partial charge is 0.192 e. The largest absolute Gasteiger partial charge is 0.494 e. The first-order valence-corrected chi connectivity index (χ1v) is 23.3. The number of carbonyl (C=O) groups is 1. The predicted octanol–water partition coefficient (Wildman–Crippen LogP) is 9.24. The van der Waals surface area contributed by atoms with Crippen molar-refractivity contribution in [1.82, 2.24) is 9.78 Å². The van der Waals surface area contributed by atoms with E-state index in [2.05, 4.69) is 79.4 Å². The van der Waals surface area contributed by atoms with Gasteiger partial charge in [-0.05, 0) is 123 Å². The van der Waals surface area contributed by atoms with Gasteiger partial charge in [0.15, 0.2) is 26.0 Å². The highest BCUT2D eigenvalue weighted by Gasteiger charge is 2.76. The second kappa shape index (κ2) is 14.2. The molecule has 7 rings (SSSR count). The Morgan fingerprint density at radius 2 is 2.02 bits per heavy atom. The summed E-state index contributed by atoms with van der Waals surface area (Å²) in [4.78, 5) is 14.7. The van der Waals surface area contributed by atoms with E-state index < -0.39 is 31.7 Å². The summed E-state index contributed by atoms with van der Waals surface area (Å²) in [5, 5.41) is 17.3. The Morgan fingerprint density at radius 3 is 2.75 bits per heavy atom. The van der Waals surface area contributed by atoms with Crippen LogP contribution in [0.4, 0.5) is 0 Å². The average molecular weight is 745 g/mol. The van der Waals surface area contributed by atoms with Gasteiger partial charge >= 0.3 is 0 Å². The number of aliphatic hydroxyl groups excluding tert-OH is 1. The minimum atomic E-state index is -2.19. The van der Waals surface area contributed by atoms with Gasteiger partial charge in [-0.3, -0.25) is 4.79 Å². The van der Waals surface area contributed by atoms with Gasteiger partial charge in [-0.15, -0.1) is 6.58 Å². The molecule has 9 atom stereocenters. The average Bonchev–Trinajstić information content (AvgIpc) is 3.75. The quantitative estimate of drug-likeness (QED) is 0.124. The summed E-state index contributed by atoms with van der Waals surface area (Å²) in [6.07, 6.45) is 13.8. The fourth-order valence-electron chi connectivity index (χ4n) is 10.9. The van der Waals surface area contributed by atoms with Crippen molar-refractivity contribution in [1.29, 1.82) is 0 Å². The van der Waals surface area contributed by atoms with E-state index in [0.29, 0.717) is 13.0 Å². The Kier molecular flexibility index (Phi) is 10.4. The Morgan fingerprint density at radius 1 is 1.23 bits per heavy atom. The number of nitrogens with zero attached hydrogens (tertiary/aromatic N) is 2. The van der Waals surface area contributed by atoms with Crippen molar-refractivity contribution >= 4 is 20.2 Å². The van der Waals surface area contributed by atoms with E-state index >= 15 is 0 Å². The molecule has 0 radical (unpaired) electrons. The van der Waals surface area contributed by atoms with Crippen LogP contribution in [0.5, 0.6) is 5.75 Å². The third kappa shape index (κ3) is 6.34. The topological polar surface area (TPSA) is 92.0 Å². The highest BCUT2D eigenvalue weighted by atomic mass is 28.4. The van der Waals surface area contributed by atoms with Crippen LogP contribution in [0.15, 0.2) is 48.7 Å². The van der Waals surface area contributed by atoms with E-state index in [1.165, 1.54) is 11.1 Å². The molecule has 4 aliphatic carbocycles. The fraction of sp³-hybridized carbons (Fsp3) is 0.682. The number of allylic oxidation sites excluding steroid dienone is 2. The van der Waals surface area contributed by atoms with Crippen molar-refractivity contribution in [2.24, 2.45) is 28.6 Å². The van der Waals surface area contributed by atoms with Crippen LogP contribution in [0.25, 0.3) is 11.8 Å². The molecule has 1 aliphatic heterocycles. The molecule has 8 nitrogen and oxygen atoms in total. The molecular weight excluding hydrogens is 681 g/mol. The van der Waals surface area contributed by atoms with Gasteiger partial charge in [-0.2, -0.15) is 5.10 Å². The van der Waals surface area contributed by atoms with Crippen LogP contribution in [-0.2, 0) is 25.1 Å². The number of aliphatic hydroxyl groups is 1. The van der Waals surface area contributed by atoms with Crippen LogP contribution in [0, 0.1) is 28.6 Å². The van der Waals surface area contributed by atoms with Gasteiger partial charge < -0.3 is 23.7 Å². The minimum absolute atomic E-state index is 0.000991. The minimum Gasteiger partial charge on any atom is -0.494 e. The summed E-state index contributed by atoms with van der Waals surface area (Å²) in [6.45, 7) is 22.3. The molecule has 2 heterocycles. The maximum Gasteiger partial charge on any atom is 0.192 e. The molecule has 9 heteroatoms. The zero-order valence-electron chi connectivity index (χ0n) is 33.6. The van der Waals surface area contributed by atoms with Crippen molar-refractivity contribution in [3.63, 3.8) is 0 Å². The number of aromatic nitrogens is 2. The van der Waals surface area contributed by atoms with E-state index in [1.54, 1.807) is 0 Å². The maximum absolute atomic E-state index is 14.7. The first-order valence-electron chi connectivity index (χ1n) is 20.4. The number of hydrogen-bond acceptors (Lipinski definition) is 7. The van der Waals surface area contributed by atoms with Gasteiger partial charge in [-0.1, -0.05) is 65.7 Å². The lowest BCUT2D eigenvalue weighted by molar-refractivity contribution is -0.202. The van der Waals surface area contributed by atoms with Gasteiger partial charge in [0.2, 0.25) is 0 Å². The van der Waals surface area contributed by atoms with Crippen LogP contribution >= 0.6 is 0 Å². The van der Waals surface area contributed by atoms with Gasteiger partial charge in [0, 0.05) is 11.5 Å². The summed E-state index contributed by atoms with van der Waals surface area (Å²) in [5.74, 6) is 1.36. The molecule has 4 fully saturated rings. The number of carbonyl (C=O) groups excluding carboxylic acids is 1. The van der Waals surface area contributed by atoms with Crippen molar-refractivity contribution in [3.05, 3.63) is 59.9 Å². The molecule has 290 valence electrons. The van der Waals surface area contributed by atoms with E-state index in [1.807, 2.05) is 29.1 Å². The Labute approximate surface area is 318 Å². The third-order valence-corrected chi connectivity index (χ3v) is 19.1. The molecular formula is C44H64N2O6Si. The number of rotatable bonds is 13. The first kappa shape index (κ1) is 38.7. The Bertz CT molecular complexity index is 1730. The molecule has 1 unspecified atom stereocenters. The van der Waals surface area contributed by atoms with E-state index in [9.17, 15) is 9.90 Å². The second-order valence-corrected chi connectivity index (χ2v) is 23.6. The fourth-order valence-corrected chi connectivity index (χ4v) is 11.9. The van der Waals surface area contributed by atoms with Gasteiger partial charge in [-0.25, -0.2) is 4.68 Å². The molecule has 1 N–H and O–H groups in total. The molecule has 0 bridgehead atoms. The van der Waals surface area contributed by atoms with Gasteiger partial charge in [0.1, 0.15) is 5.75 Å². The van der Waals surface area contributed by atoms with Crippen molar-refractivity contribution in [2.45, 2.75) is 148 Å². The Balaban J connectivity index is 1.15. The monoisotopic (exact) mass is 744 g/mol. The SMILES string of the molecule is C=CCCCCOc1cccc(-n2ncc3c2C=C2CC[C@@H]4[C@H]([C@@H](O)C[C@@]5(C)[C@H]4C[C@H]4OC(CCC)O[C@]45C(=O)CO[Si](C)(C)C(C)(C)C)[C@@]2(C)C3)c1. The van der Waals surface area contributed by atoms with E-state index in [-0.39, 0.29) is 46.7 Å². The van der Waals surface area contributed by atoms with Crippen molar-refractivity contribution < 1.29 is 28.5 Å². The molecule has 2 aromatic rings. The standard InChI is InChI=1S/C44H64N2O6Si/c1-10-12-13-14-21-49-32-18-15-17-31(23-32)46-35-22-30-19-20-33-34-24-38-44(52-39(51-38)16-11-2,37(48)28-50-53(8,9)41(3,4)5)43(34,7)26-36(47)40(33)42(30,6)25-29(35)27-45-46/h10,15,17-18,22-23,27,33-34,36,38-40,47H,1,11-14,16,19-21,24-26,28H2,2-9H3/t33-,34-,36-,38+,39?,40+,42-,43-,44+/m0/s1. The number of unbranched alkanes of at least 4 members (excludes halogenated alkanes) is 2. The normalized spacial score (nSPS) is 34.7. The van der Waals surface area contributed by atoms with Crippen molar-refractivity contribution in [3.8, 4) is 11.4 Å². The molecule has 0 spiro atoms. The number of fused-ring (bicyclic) bond motifs is 8. The third-order valence-electron chi connectivity index (χ3n) is 14.7. The number of ketones is 1. The van der Waals surface area contributed by atoms with Crippen LogP contribution in [-0.4, -0.2) is 66.3 Å². The number of Topliss-reactive ketones (excluding diaryl/α,β-unsaturated/α-hetero) is 1. The van der Waals surface area contributed by atoms with E-state index in [4.69, 9.17) is 23.7 Å². The lowest BCUT2D eigenvalue weighted by atomic mass is 9.45. The van der Waals surface area contributed by atoms with Crippen LogP contribution in [0.1, 0.15) is 111 Å². The summed E-state index contributed by atoms with van der Waals surface area (Å²) in [5.41, 5.74) is 2.83. The number of ether oxygens (including phenoxy) is 3. The molecule has 5 aliphatic rings. The molecule has 53 heavy (non-hydrogen) atoms. The lowest BCUT2D eigenvalue weighted by Crippen LogP contribution is -2.64. The first-order chi connectivity index (χ1) is 25.1. The summed E-state index contributed by atoms with van der Waals surface area (Å²) in [6, 6.07) is 8.22. The summed E-state index contributed by atoms with van der Waals surface area (Å²) in [7, 11) is -2.19. The zero-order valence-corrected chi connectivity index (χ0v) is 34.6. The molecule has 1 aromatic heterocycles. The van der Waals surface area contributed by atoms with Crippen LogP contribution in [0.3, 0.4) is 0 Å². The second-order valence-electron chi connectivity index (χ2n) is 18.8. The lowest BCUT2D eigenvalue weighted by Gasteiger charge is -2.60. The highest BCUT2D eigenvalue weighted by Crippen LogP contribution is 2.70. The van der Waals surface area contributed by atoms with Crippen molar-refractivity contribution in [2.75, 3.05) is 13.2 Å². The predicted molar refractivity (Wildman–Crippen MR) is 211 cm³/mol. The summed E-state index contributed by atoms with van der Waals surface area (Å²) >= 11 is 0. The maximum atomic E-state index is 14.7. The van der Waals surface area contributed by atoms with Gasteiger partial charge in [0.05, 0.1) is 43.0 Å². The number of hydrogen-bond donors (Lipinski definition) is 1. The molecule has 0 amide bonds. The highest BCUT2D eigenvalue weighted by molar-refractivity contribution is 6.74. The summed E-state index contributed by atoms with van der Waals surface area (Å²) < 4.78 is 28.3. The Hall–Kier alpha value is -2.56. The molecule has 3 saturated carbocycles.